The van der Waals surface area contributed by atoms with Crippen molar-refractivity contribution in [2.75, 3.05) is 4.90 Å². The van der Waals surface area contributed by atoms with E-state index in [0.29, 0.717) is 0 Å². The molecular weight excluding hydrogens is 583 g/mol. The van der Waals surface area contributed by atoms with Crippen LogP contribution in [-0.2, 0) is 0 Å². The first kappa shape index (κ1) is 27.9. The third-order valence-corrected chi connectivity index (χ3v) is 9.39. The van der Waals surface area contributed by atoms with Crippen LogP contribution in [0, 0.1) is 0 Å². The Morgan fingerprint density at radius 2 is 1.10 bits per heavy atom. The number of rotatable bonds is 6. The zero-order valence-corrected chi connectivity index (χ0v) is 26.3. The molecule has 0 aliphatic heterocycles. The van der Waals surface area contributed by atoms with Crippen molar-refractivity contribution in [1.29, 1.82) is 0 Å². The molecule has 9 aromatic rings. The lowest BCUT2D eigenvalue weighted by molar-refractivity contribution is 0.670. The van der Waals surface area contributed by atoms with Gasteiger partial charge in [0.25, 0.3) is 0 Å². The minimum absolute atomic E-state index is 0.889. The third-order valence-electron chi connectivity index (χ3n) is 9.39. The number of fused-ring (bicyclic) bond motifs is 5. The molecule has 226 valence electrons. The van der Waals surface area contributed by atoms with Gasteiger partial charge in [-0.2, -0.15) is 0 Å². The Labute approximate surface area is 279 Å². The van der Waals surface area contributed by atoms with Crippen LogP contribution in [0.3, 0.4) is 0 Å². The van der Waals surface area contributed by atoms with E-state index < -0.39 is 0 Å². The van der Waals surface area contributed by atoms with E-state index in [9.17, 15) is 0 Å². The molecule has 0 saturated heterocycles. The summed E-state index contributed by atoms with van der Waals surface area (Å²) in [7, 11) is 0. The molecule has 2 nitrogen and oxygen atoms in total. The monoisotopic (exact) mass is 613 g/mol. The fourth-order valence-corrected chi connectivity index (χ4v) is 7.07. The second-order valence-electron chi connectivity index (χ2n) is 12.2. The summed E-state index contributed by atoms with van der Waals surface area (Å²) in [6.07, 6.45) is 1.95. The van der Waals surface area contributed by atoms with Crippen LogP contribution in [0.15, 0.2) is 181 Å². The molecule has 1 aromatic heterocycles. The van der Waals surface area contributed by atoms with Crippen molar-refractivity contribution in [3.63, 3.8) is 0 Å². The van der Waals surface area contributed by atoms with E-state index in [1.165, 1.54) is 27.1 Å². The molecule has 0 fully saturated rings. The van der Waals surface area contributed by atoms with Crippen molar-refractivity contribution >= 4 is 66.6 Å². The fourth-order valence-electron chi connectivity index (χ4n) is 7.07. The number of hydrogen-bond donors (Lipinski definition) is 0. The van der Waals surface area contributed by atoms with E-state index >= 15 is 0 Å². The molecule has 2 heteroatoms. The molecule has 0 saturated carbocycles. The molecule has 0 atom stereocenters. The smallest absolute Gasteiger partial charge is 0.143 e. The molecule has 0 bridgehead atoms. The molecule has 0 N–H and O–H groups in total. The van der Waals surface area contributed by atoms with Gasteiger partial charge in [0.1, 0.15) is 11.2 Å². The van der Waals surface area contributed by atoms with E-state index in [1.807, 2.05) is 6.08 Å². The van der Waals surface area contributed by atoms with Crippen molar-refractivity contribution < 1.29 is 4.42 Å². The van der Waals surface area contributed by atoms with Gasteiger partial charge in [-0.05, 0) is 80.7 Å². The van der Waals surface area contributed by atoms with Crippen LogP contribution in [0.1, 0.15) is 5.56 Å². The summed E-state index contributed by atoms with van der Waals surface area (Å²) in [5, 5.41) is 7.01. The summed E-state index contributed by atoms with van der Waals surface area (Å²) in [5.41, 5.74) is 10.5. The molecule has 0 radical (unpaired) electrons. The van der Waals surface area contributed by atoms with E-state index in [2.05, 4.69) is 181 Å². The molecule has 0 unspecified atom stereocenters. The molecule has 9 rings (SSSR count). The Balaban J connectivity index is 1.28. The Morgan fingerprint density at radius 3 is 1.92 bits per heavy atom. The van der Waals surface area contributed by atoms with E-state index in [4.69, 9.17) is 4.42 Å². The largest absolute Gasteiger partial charge is 0.455 e. The van der Waals surface area contributed by atoms with Crippen molar-refractivity contribution in [2.24, 2.45) is 0 Å². The summed E-state index contributed by atoms with van der Waals surface area (Å²) in [4.78, 5) is 2.36. The van der Waals surface area contributed by atoms with Gasteiger partial charge in [0.2, 0.25) is 0 Å². The van der Waals surface area contributed by atoms with Crippen molar-refractivity contribution in [3.05, 3.63) is 182 Å². The summed E-state index contributed by atoms with van der Waals surface area (Å²) in [5.74, 6) is 0. The number of furan rings is 1. The Bertz CT molecular complexity index is 2650. The average Bonchev–Trinajstić information content (AvgIpc) is 3.52. The van der Waals surface area contributed by atoms with Crippen LogP contribution in [0.5, 0.6) is 0 Å². The summed E-state index contributed by atoms with van der Waals surface area (Å²) >= 11 is 0. The zero-order valence-electron chi connectivity index (χ0n) is 26.3. The zero-order chi connectivity index (χ0) is 32.0. The van der Waals surface area contributed by atoms with E-state index in [1.54, 1.807) is 0 Å². The second kappa shape index (κ2) is 11.5. The van der Waals surface area contributed by atoms with Crippen LogP contribution in [0.2, 0.25) is 0 Å². The first-order valence-electron chi connectivity index (χ1n) is 16.3. The molecule has 1 heterocycles. The molecular formula is C46H31NO. The second-order valence-corrected chi connectivity index (χ2v) is 12.2. The normalized spacial score (nSPS) is 11.4. The highest BCUT2D eigenvalue weighted by Gasteiger charge is 2.21. The standard InChI is InChI=1S/C46H31NO/c1-2-31-27-38(25-26-39(31)33-14-4-3-5-15-33)47(37-24-23-32-13-6-7-16-34(32)28-37)44-22-11-10-19-40(44)41-20-12-21-42-43-29-35-17-8-9-18-36(35)30-45(43)48-46(41)42/h2-30H,1H2. The summed E-state index contributed by atoms with van der Waals surface area (Å²) in [6.45, 7) is 4.21. The molecule has 0 aliphatic rings. The van der Waals surface area contributed by atoms with Crippen molar-refractivity contribution in [2.45, 2.75) is 0 Å². The topological polar surface area (TPSA) is 16.4 Å². The Kier molecular flexibility index (Phi) is 6.65. The number of nitrogens with zero attached hydrogens (tertiary/aromatic N) is 1. The van der Waals surface area contributed by atoms with E-state index in [-0.39, 0.29) is 0 Å². The maximum absolute atomic E-state index is 6.72. The lowest BCUT2D eigenvalue weighted by Gasteiger charge is -2.29. The first-order chi connectivity index (χ1) is 23.7. The quantitative estimate of drug-likeness (QED) is 0.185. The first-order valence-corrected chi connectivity index (χ1v) is 16.3. The van der Waals surface area contributed by atoms with Crippen LogP contribution < -0.4 is 4.90 Å². The van der Waals surface area contributed by atoms with Crippen molar-refractivity contribution in [1.82, 2.24) is 0 Å². The highest BCUT2D eigenvalue weighted by molar-refractivity contribution is 6.14. The lowest BCUT2D eigenvalue weighted by atomic mass is 9.96. The van der Waals surface area contributed by atoms with Gasteiger partial charge in [-0.15, -0.1) is 0 Å². The van der Waals surface area contributed by atoms with Crippen LogP contribution in [0.4, 0.5) is 17.1 Å². The van der Waals surface area contributed by atoms with E-state index in [0.717, 1.165) is 61.3 Å². The average molecular weight is 614 g/mol. The number of anilines is 3. The van der Waals surface area contributed by atoms with Crippen LogP contribution in [-0.4, -0.2) is 0 Å². The number of benzene rings is 8. The van der Waals surface area contributed by atoms with Gasteiger partial charge in [0.15, 0.2) is 0 Å². The maximum Gasteiger partial charge on any atom is 0.143 e. The van der Waals surface area contributed by atoms with Crippen LogP contribution >= 0.6 is 0 Å². The summed E-state index contributed by atoms with van der Waals surface area (Å²) < 4.78 is 6.72. The van der Waals surface area contributed by atoms with Gasteiger partial charge >= 0.3 is 0 Å². The highest BCUT2D eigenvalue weighted by Crippen LogP contribution is 2.45. The molecule has 48 heavy (non-hydrogen) atoms. The van der Waals surface area contributed by atoms with Gasteiger partial charge in [-0.3, -0.25) is 0 Å². The number of para-hydroxylation sites is 2. The number of hydrogen-bond acceptors (Lipinski definition) is 2. The molecule has 8 aromatic carbocycles. The summed E-state index contributed by atoms with van der Waals surface area (Å²) in [6, 6.07) is 60.4. The molecule has 0 spiro atoms. The van der Waals surface area contributed by atoms with Gasteiger partial charge in [0.05, 0.1) is 5.69 Å². The fraction of sp³-hybridized carbons (Fsp3) is 0. The predicted molar refractivity (Wildman–Crippen MR) is 204 cm³/mol. The van der Waals surface area contributed by atoms with Gasteiger partial charge in [-0.25, -0.2) is 0 Å². The maximum atomic E-state index is 6.72. The van der Waals surface area contributed by atoms with Crippen molar-refractivity contribution in [3.8, 4) is 22.3 Å². The molecule has 0 amide bonds. The van der Waals surface area contributed by atoms with Gasteiger partial charge in [-0.1, -0.05) is 140 Å². The lowest BCUT2D eigenvalue weighted by Crippen LogP contribution is -2.11. The SMILES string of the molecule is C=Cc1cc(N(c2ccc3ccccc3c2)c2ccccc2-c2cccc3c2oc2cc4ccccc4cc23)ccc1-c1ccccc1. The molecule has 0 aliphatic carbocycles. The Hall–Kier alpha value is -6.38. The highest BCUT2D eigenvalue weighted by atomic mass is 16.3. The van der Waals surface area contributed by atoms with Crippen LogP contribution in [0.25, 0.3) is 71.8 Å². The minimum atomic E-state index is 0.889. The Morgan fingerprint density at radius 1 is 0.458 bits per heavy atom. The minimum Gasteiger partial charge on any atom is -0.455 e. The van der Waals surface area contributed by atoms with Gasteiger partial charge < -0.3 is 9.32 Å². The van der Waals surface area contributed by atoms with Gasteiger partial charge in [0, 0.05) is 33.3 Å². The third kappa shape index (κ3) is 4.66. The predicted octanol–water partition coefficient (Wildman–Crippen LogP) is 13.3.